The van der Waals surface area contributed by atoms with Crippen LogP contribution < -0.4 is 10.1 Å². The quantitative estimate of drug-likeness (QED) is 0.611. The highest BCUT2D eigenvalue weighted by Gasteiger charge is 2.24. The van der Waals surface area contributed by atoms with Gasteiger partial charge in [0.1, 0.15) is 17.3 Å². The summed E-state index contributed by atoms with van der Waals surface area (Å²) in [6.45, 7) is 0.511. The maximum Gasteiger partial charge on any atom is 0.267 e. The summed E-state index contributed by atoms with van der Waals surface area (Å²) in [5, 5.41) is 15.4. The van der Waals surface area contributed by atoms with E-state index in [1.807, 2.05) is 54.6 Å². The number of aromatic amines is 1. The van der Waals surface area contributed by atoms with Gasteiger partial charge in [0.25, 0.3) is 5.91 Å². The molecule has 2 heterocycles. The molecule has 158 valence electrons. The molecule has 0 saturated carbocycles. The van der Waals surface area contributed by atoms with Crippen LogP contribution in [0, 0.1) is 0 Å². The molecule has 2 amide bonds. The molecule has 0 bridgehead atoms. The molecule has 9 nitrogen and oxygen atoms in total. The van der Waals surface area contributed by atoms with Crippen molar-refractivity contribution in [1.82, 2.24) is 25.5 Å². The normalized spacial score (nSPS) is 13.6. The largest absolute Gasteiger partial charge is 0.497 e. The number of hydrazone groups is 1. The molecule has 0 unspecified atom stereocenters. The number of amides is 2. The molecule has 0 saturated heterocycles. The molecule has 2 aromatic carbocycles. The molecule has 1 aliphatic heterocycles. The van der Waals surface area contributed by atoms with E-state index in [4.69, 9.17) is 4.74 Å². The van der Waals surface area contributed by atoms with Gasteiger partial charge in [0.15, 0.2) is 5.82 Å². The van der Waals surface area contributed by atoms with E-state index in [-0.39, 0.29) is 24.8 Å². The third-order valence-corrected chi connectivity index (χ3v) is 4.84. The third-order valence-electron chi connectivity index (χ3n) is 4.84. The SMILES string of the molecule is COc1ccc(-c2n[nH]c(CNC(=O)C3=NN(Cc4ccccc4)C(=O)CC3)n2)cc1. The zero-order valence-electron chi connectivity index (χ0n) is 17.0. The van der Waals surface area contributed by atoms with Crippen molar-refractivity contribution < 1.29 is 14.3 Å². The van der Waals surface area contributed by atoms with Crippen molar-refractivity contribution in [3.63, 3.8) is 0 Å². The van der Waals surface area contributed by atoms with Gasteiger partial charge in [-0.3, -0.25) is 14.7 Å². The van der Waals surface area contributed by atoms with Crippen LogP contribution in [0.4, 0.5) is 0 Å². The first-order chi connectivity index (χ1) is 15.1. The zero-order chi connectivity index (χ0) is 21.6. The van der Waals surface area contributed by atoms with Crippen molar-refractivity contribution in [2.45, 2.75) is 25.9 Å². The van der Waals surface area contributed by atoms with E-state index in [1.165, 1.54) is 5.01 Å². The number of nitrogens with zero attached hydrogens (tertiary/aromatic N) is 4. The maximum atomic E-state index is 12.6. The van der Waals surface area contributed by atoms with E-state index in [0.717, 1.165) is 16.9 Å². The number of aromatic nitrogens is 3. The monoisotopic (exact) mass is 418 g/mol. The number of carbonyl (C=O) groups is 2. The van der Waals surface area contributed by atoms with E-state index in [1.54, 1.807) is 7.11 Å². The van der Waals surface area contributed by atoms with E-state index >= 15 is 0 Å². The van der Waals surface area contributed by atoms with Crippen LogP contribution >= 0.6 is 0 Å². The first kappa shape index (κ1) is 20.3. The summed E-state index contributed by atoms with van der Waals surface area (Å²) in [6.07, 6.45) is 0.562. The summed E-state index contributed by atoms with van der Waals surface area (Å²) in [7, 11) is 1.61. The summed E-state index contributed by atoms with van der Waals surface area (Å²) < 4.78 is 5.15. The number of hydrogen-bond acceptors (Lipinski definition) is 6. The Hall–Kier alpha value is -4.01. The summed E-state index contributed by atoms with van der Waals surface area (Å²) in [4.78, 5) is 29.2. The van der Waals surface area contributed by atoms with Gasteiger partial charge in [-0.15, -0.1) is 0 Å². The molecule has 2 N–H and O–H groups in total. The van der Waals surface area contributed by atoms with Crippen molar-refractivity contribution in [2.24, 2.45) is 5.10 Å². The highest BCUT2D eigenvalue weighted by molar-refractivity contribution is 6.39. The van der Waals surface area contributed by atoms with Crippen LogP contribution in [0.3, 0.4) is 0 Å². The predicted molar refractivity (Wildman–Crippen MR) is 114 cm³/mol. The Bertz CT molecular complexity index is 1090. The number of rotatable bonds is 7. The number of nitrogens with one attached hydrogen (secondary N) is 2. The lowest BCUT2D eigenvalue weighted by Gasteiger charge is -2.23. The molecule has 0 atom stereocenters. The number of H-pyrrole nitrogens is 1. The first-order valence-electron chi connectivity index (χ1n) is 9.88. The van der Waals surface area contributed by atoms with Gasteiger partial charge in [0, 0.05) is 18.4 Å². The number of benzene rings is 2. The molecular weight excluding hydrogens is 396 g/mol. The lowest BCUT2D eigenvalue weighted by Crippen LogP contribution is -2.38. The number of methoxy groups -OCH3 is 1. The minimum atomic E-state index is -0.326. The van der Waals surface area contributed by atoms with Crippen LogP contribution in [0.1, 0.15) is 24.2 Å². The van der Waals surface area contributed by atoms with Crippen LogP contribution in [0.25, 0.3) is 11.4 Å². The van der Waals surface area contributed by atoms with Crippen LogP contribution in [0.2, 0.25) is 0 Å². The Morgan fingerprint density at radius 2 is 1.90 bits per heavy atom. The molecule has 31 heavy (non-hydrogen) atoms. The molecule has 0 spiro atoms. The third kappa shape index (κ3) is 4.95. The standard InChI is InChI=1S/C22H22N6O3/c1-31-17-9-7-16(8-10-17)21-24-19(25-26-21)13-23-22(30)18-11-12-20(29)28(27-18)14-15-5-3-2-4-6-15/h2-10H,11-14H2,1H3,(H,23,30)(H,24,25,26). The van der Waals surface area contributed by atoms with Crippen molar-refractivity contribution >= 4 is 17.5 Å². The average Bonchev–Trinajstić information content (AvgIpc) is 3.29. The summed E-state index contributed by atoms with van der Waals surface area (Å²) in [6, 6.07) is 16.9. The van der Waals surface area contributed by atoms with Crippen LogP contribution in [-0.2, 0) is 22.7 Å². The minimum absolute atomic E-state index is 0.0974. The van der Waals surface area contributed by atoms with Crippen LogP contribution in [-0.4, -0.2) is 44.8 Å². The van der Waals surface area contributed by atoms with Gasteiger partial charge in [0.2, 0.25) is 5.91 Å². The van der Waals surface area contributed by atoms with Gasteiger partial charge < -0.3 is 10.1 Å². The van der Waals surface area contributed by atoms with Gasteiger partial charge in [-0.2, -0.15) is 10.2 Å². The topological polar surface area (TPSA) is 113 Å². The first-order valence-corrected chi connectivity index (χ1v) is 9.88. The lowest BCUT2D eigenvalue weighted by atomic mass is 10.1. The highest BCUT2D eigenvalue weighted by atomic mass is 16.5. The Balaban J connectivity index is 1.37. The summed E-state index contributed by atoms with van der Waals surface area (Å²) >= 11 is 0. The fourth-order valence-corrected chi connectivity index (χ4v) is 3.15. The molecule has 4 rings (SSSR count). The summed E-state index contributed by atoms with van der Waals surface area (Å²) in [5.41, 5.74) is 2.11. The molecule has 1 aromatic heterocycles. The summed E-state index contributed by atoms with van der Waals surface area (Å²) in [5.74, 6) is 1.38. The van der Waals surface area contributed by atoms with Crippen LogP contribution in [0.15, 0.2) is 59.7 Å². The Kier molecular flexibility index (Phi) is 6.02. The fourth-order valence-electron chi connectivity index (χ4n) is 3.15. The Morgan fingerprint density at radius 1 is 1.13 bits per heavy atom. The highest BCUT2D eigenvalue weighted by Crippen LogP contribution is 2.19. The van der Waals surface area contributed by atoms with Crippen molar-refractivity contribution in [3.8, 4) is 17.1 Å². The fraction of sp³-hybridized carbons (Fsp3) is 0.227. The van der Waals surface area contributed by atoms with E-state index in [0.29, 0.717) is 30.3 Å². The smallest absolute Gasteiger partial charge is 0.267 e. The second-order valence-corrected chi connectivity index (χ2v) is 7.00. The minimum Gasteiger partial charge on any atom is -0.497 e. The molecule has 0 aliphatic carbocycles. The molecular formula is C22H22N6O3. The number of hydrogen-bond donors (Lipinski definition) is 2. The van der Waals surface area contributed by atoms with E-state index in [9.17, 15) is 9.59 Å². The van der Waals surface area contributed by atoms with Crippen molar-refractivity contribution in [2.75, 3.05) is 7.11 Å². The van der Waals surface area contributed by atoms with Gasteiger partial charge >= 0.3 is 0 Å². The molecule has 3 aromatic rings. The Labute approximate surface area is 179 Å². The number of ether oxygens (including phenoxy) is 1. The lowest BCUT2D eigenvalue weighted by molar-refractivity contribution is -0.132. The average molecular weight is 418 g/mol. The van der Waals surface area contributed by atoms with Gasteiger partial charge in [-0.1, -0.05) is 30.3 Å². The van der Waals surface area contributed by atoms with E-state index in [2.05, 4.69) is 25.6 Å². The molecule has 1 aliphatic rings. The maximum absolute atomic E-state index is 12.6. The van der Waals surface area contributed by atoms with Gasteiger partial charge in [-0.05, 0) is 29.8 Å². The second-order valence-electron chi connectivity index (χ2n) is 7.00. The van der Waals surface area contributed by atoms with Gasteiger partial charge in [0.05, 0.1) is 20.2 Å². The zero-order valence-corrected chi connectivity index (χ0v) is 17.0. The predicted octanol–water partition coefficient (Wildman–Crippen LogP) is 2.28. The van der Waals surface area contributed by atoms with Crippen molar-refractivity contribution in [1.29, 1.82) is 0 Å². The number of carbonyl (C=O) groups excluding carboxylic acids is 2. The van der Waals surface area contributed by atoms with Crippen molar-refractivity contribution in [3.05, 3.63) is 66.0 Å². The second kappa shape index (κ2) is 9.21. The molecule has 0 fully saturated rings. The molecule has 9 heteroatoms. The molecule has 0 radical (unpaired) electrons. The van der Waals surface area contributed by atoms with E-state index < -0.39 is 0 Å². The Morgan fingerprint density at radius 3 is 2.65 bits per heavy atom. The van der Waals surface area contributed by atoms with Crippen LogP contribution in [0.5, 0.6) is 5.75 Å². The van der Waals surface area contributed by atoms with Gasteiger partial charge in [-0.25, -0.2) is 9.99 Å².